The molecule has 0 unspecified atom stereocenters. The number of benzene rings is 2. The fourth-order valence-corrected chi connectivity index (χ4v) is 3.46. The molecule has 0 aliphatic rings. The molecule has 3 N–H and O–H groups in total. The van der Waals surface area contributed by atoms with Crippen molar-refractivity contribution in [1.82, 2.24) is 9.88 Å². The number of aryl methyl sites for hydroxylation is 2. The van der Waals surface area contributed by atoms with Crippen LogP contribution in [0.2, 0.25) is 0 Å². The van der Waals surface area contributed by atoms with E-state index in [1.165, 1.54) is 12.1 Å². The van der Waals surface area contributed by atoms with Gasteiger partial charge in [0.1, 0.15) is 0 Å². The number of nitrogens with zero attached hydrogens (tertiary/aromatic N) is 1. The highest BCUT2D eigenvalue weighted by Gasteiger charge is 2.34. The number of hydrogen-bond acceptors (Lipinski definition) is 3. The lowest BCUT2D eigenvalue weighted by atomic mass is 10.1. The van der Waals surface area contributed by atoms with E-state index in [0.29, 0.717) is 5.52 Å². The van der Waals surface area contributed by atoms with Crippen LogP contribution in [0, 0.1) is 13.8 Å². The summed E-state index contributed by atoms with van der Waals surface area (Å²) in [4.78, 5) is 29.1. The first-order valence-corrected chi connectivity index (χ1v) is 9.56. The zero-order valence-corrected chi connectivity index (χ0v) is 17.0. The minimum Gasteiger partial charge on any atom is -0.395 e. The molecule has 0 aliphatic heterocycles. The third kappa shape index (κ3) is 5.05. The van der Waals surface area contributed by atoms with Gasteiger partial charge in [-0.05, 0) is 49.1 Å². The largest absolute Gasteiger partial charge is 0.418 e. The Morgan fingerprint density at radius 1 is 1.16 bits per heavy atom. The fraction of sp³-hybridized carbons (Fsp3) is 0.273. The zero-order valence-electron chi connectivity index (χ0n) is 17.0. The maximum Gasteiger partial charge on any atom is 0.418 e. The van der Waals surface area contributed by atoms with Gasteiger partial charge in [0.2, 0.25) is 0 Å². The van der Waals surface area contributed by atoms with Gasteiger partial charge in [0.15, 0.2) is 0 Å². The number of aromatic nitrogens is 1. The Morgan fingerprint density at radius 2 is 1.87 bits per heavy atom. The van der Waals surface area contributed by atoms with E-state index in [9.17, 15) is 27.9 Å². The Balaban J connectivity index is 1.91. The normalized spacial score (nSPS) is 11.5. The molecule has 0 fully saturated rings. The van der Waals surface area contributed by atoms with Crippen molar-refractivity contribution in [3.63, 3.8) is 0 Å². The van der Waals surface area contributed by atoms with Crippen molar-refractivity contribution in [2.24, 2.45) is 0 Å². The van der Waals surface area contributed by atoms with Gasteiger partial charge < -0.3 is 20.3 Å². The summed E-state index contributed by atoms with van der Waals surface area (Å²) in [7, 11) is 0. The molecule has 3 rings (SSSR count). The number of hydrogen-bond donors (Lipinski definition) is 3. The van der Waals surface area contributed by atoms with Crippen LogP contribution in [-0.2, 0) is 12.7 Å². The minimum atomic E-state index is -4.64. The number of fused-ring (bicyclic) bond motifs is 1. The first-order valence-electron chi connectivity index (χ1n) is 9.56. The van der Waals surface area contributed by atoms with E-state index in [1.807, 2.05) is 26.0 Å². The highest BCUT2D eigenvalue weighted by molar-refractivity contribution is 5.90. The van der Waals surface area contributed by atoms with E-state index in [4.69, 9.17) is 0 Å². The summed E-state index contributed by atoms with van der Waals surface area (Å²) in [6.45, 7) is 3.02. The lowest BCUT2D eigenvalue weighted by Gasteiger charge is -2.23. The molecule has 6 nitrogen and oxygen atoms in total. The number of rotatable bonds is 5. The molecule has 0 saturated heterocycles. The molecule has 0 spiro atoms. The topological polar surface area (TPSA) is 85.4 Å². The van der Waals surface area contributed by atoms with Crippen molar-refractivity contribution in [2.75, 3.05) is 18.5 Å². The number of urea groups is 1. The van der Waals surface area contributed by atoms with Gasteiger partial charge in [0.05, 0.1) is 29.9 Å². The van der Waals surface area contributed by atoms with Crippen LogP contribution in [0.4, 0.5) is 23.7 Å². The smallest absolute Gasteiger partial charge is 0.395 e. The van der Waals surface area contributed by atoms with Crippen molar-refractivity contribution >= 4 is 22.6 Å². The maximum atomic E-state index is 13.2. The van der Waals surface area contributed by atoms with Gasteiger partial charge in [-0.2, -0.15) is 13.2 Å². The number of amides is 2. The molecule has 1 heterocycles. The van der Waals surface area contributed by atoms with Crippen LogP contribution in [0.25, 0.3) is 10.9 Å². The SMILES string of the molecule is Cc1cc(C)c2[nH]c(=O)c(CN(CCO)C(=O)Nc3ccccc3C(F)(F)F)cc2c1. The summed E-state index contributed by atoms with van der Waals surface area (Å²) in [5, 5.41) is 12.4. The molecule has 2 aromatic carbocycles. The molecule has 0 aliphatic carbocycles. The van der Waals surface area contributed by atoms with Gasteiger partial charge >= 0.3 is 12.2 Å². The van der Waals surface area contributed by atoms with Crippen LogP contribution in [0.15, 0.2) is 47.3 Å². The quantitative estimate of drug-likeness (QED) is 0.564. The molecule has 1 aromatic heterocycles. The lowest BCUT2D eigenvalue weighted by molar-refractivity contribution is -0.136. The minimum absolute atomic E-state index is 0.162. The average molecular weight is 433 g/mol. The van der Waals surface area contributed by atoms with Crippen LogP contribution in [0.5, 0.6) is 0 Å². The summed E-state index contributed by atoms with van der Waals surface area (Å²) < 4.78 is 39.6. The molecule has 0 saturated carbocycles. The Bertz CT molecular complexity index is 1170. The van der Waals surface area contributed by atoms with E-state index < -0.39 is 35.6 Å². The summed E-state index contributed by atoms with van der Waals surface area (Å²) in [5.74, 6) is 0. The lowest BCUT2D eigenvalue weighted by Crippen LogP contribution is -2.38. The van der Waals surface area contributed by atoms with E-state index in [-0.39, 0.29) is 18.7 Å². The number of halogens is 3. The van der Waals surface area contributed by atoms with Gasteiger partial charge in [-0.25, -0.2) is 4.79 Å². The first-order chi connectivity index (χ1) is 14.6. The third-order valence-electron chi connectivity index (χ3n) is 4.86. The van der Waals surface area contributed by atoms with Gasteiger partial charge in [0.25, 0.3) is 5.56 Å². The van der Waals surface area contributed by atoms with Crippen molar-refractivity contribution in [1.29, 1.82) is 0 Å². The number of para-hydroxylation sites is 1. The van der Waals surface area contributed by atoms with Crippen LogP contribution in [0.1, 0.15) is 22.3 Å². The number of alkyl halides is 3. The predicted molar refractivity (Wildman–Crippen MR) is 112 cm³/mol. The Labute approximate surface area is 176 Å². The van der Waals surface area contributed by atoms with Crippen LogP contribution in [-0.4, -0.2) is 34.2 Å². The summed E-state index contributed by atoms with van der Waals surface area (Å²) in [5.41, 5.74) is 1.03. The number of anilines is 1. The van der Waals surface area contributed by atoms with Crippen molar-refractivity contribution < 1.29 is 23.1 Å². The highest BCUT2D eigenvalue weighted by atomic mass is 19.4. The Morgan fingerprint density at radius 3 is 2.55 bits per heavy atom. The zero-order chi connectivity index (χ0) is 22.8. The second-order valence-electron chi connectivity index (χ2n) is 7.29. The monoisotopic (exact) mass is 433 g/mol. The number of carbonyl (C=O) groups excluding carboxylic acids is 1. The second kappa shape index (κ2) is 8.81. The fourth-order valence-electron chi connectivity index (χ4n) is 3.46. The molecule has 3 aromatic rings. The number of aliphatic hydroxyl groups excluding tert-OH is 1. The van der Waals surface area contributed by atoms with Crippen LogP contribution >= 0.6 is 0 Å². The molecule has 0 bridgehead atoms. The molecule has 164 valence electrons. The van der Waals surface area contributed by atoms with Crippen molar-refractivity contribution in [2.45, 2.75) is 26.6 Å². The van der Waals surface area contributed by atoms with Gasteiger partial charge in [-0.3, -0.25) is 4.79 Å². The maximum absolute atomic E-state index is 13.2. The summed E-state index contributed by atoms with van der Waals surface area (Å²) in [6, 6.07) is 9.22. The molecule has 31 heavy (non-hydrogen) atoms. The van der Waals surface area contributed by atoms with Gasteiger partial charge in [0, 0.05) is 12.1 Å². The molecule has 9 heteroatoms. The van der Waals surface area contributed by atoms with Crippen molar-refractivity contribution in [3.8, 4) is 0 Å². The molecule has 0 atom stereocenters. The number of aliphatic hydroxyl groups is 1. The number of carbonyl (C=O) groups is 1. The third-order valence-corrected chi connectivity index (χ3v) is 4.86. The Kier molecular flexibility index (Phi) is 6.35. The van der Waals surface area contributed by atoms with Gasteiger partial charge in [-0.15, -0.1) is 0 Å². The summed E-state index contributed by atoms with van der Waals surface area (Å²) >= 11 is 0. The molecular formula is C22H22F3N3O3. The van der Waals surface area contributed by atoms with Crippen LogP contribution < -0.4 is 10.9 Å². The van der Waals surface area contributed by atoms with E-state index in [2.05, 4.69) is 10.3 Å². The number of pyridine rings is 1. The molecule has 0 radical (unpaired) electrons. The Hall–Kier alpha value is -3.33. The predicted octanol–water partition coefficient (Wildman–Crippen LogP) is 4.19. The summed E-state index contributed by atoms with van der Waals surface area (Å²) in [6.07, 6.45) is -4.64. The first kappa shape index (κ1) is 22.4. The standard InChI is InChI=1S/C22H22F3N3O3/c1-13-9-14(2)19-15(10-13)11-16(20(30)27-19)12-28(7-8-29)21(31)26-18-6-4-3-5-17(18)22(23,24)25/h3-6,9-11,29H,7-8,12H2,1-2H3,(H,26,31)(H,27,30). The van der Waals surface area contributed by atoms with E-state index >= 15 is 0 Å². The molecule has 2 amide bonds. The molecular weight excluding hydrogens is 411 g/mol. The highest BCUT2D eigenvalue weighted by Crippen LogP contribution is 2.34. The number of aromatic amines is 1. The number of H-pyrrole nitrogens is 1. The average Bonchev–Trinajstić information content (AvgIpc) is 2.68. The second-order valence-corrected chi connectivity index (χ2v) is 7.29. The van der Waals surface area contributed by atoms with Crippen molar-refractivity contribution in [3.05, 3.63) is 75.1 Å². The van der Waals surface area contributed by atoms with Gasteiger partial charge in [-0.1, -0.05) is 23.8 Å². The van der Waals surface area contributed by atoms with E-state index in [0.717, 1.165) is 33.5 Å². The number of nitrogens with one attached hydrogen (secondary N) is 2. The van der Waals surface area contributed by atoms with E-state index in [1.54, 1.807) is 6.07 Å². The van der Waals surface area contributed by atoms with Crippen LogP contribution in [0.3, 0.4) is 0 Å².